The predicted octanol–water partition coefficient (Wildman–Crippen LogP) is 0.550. The van der Waals surface area contributed by atoms with Gasteiger partial charge in [0.15, 0.2) is 0 Å². The van der Waals surface area contributed by atoms with Crippen LogP contribution in [0.15, 0.2) is 6.33 Å². The molecule has 0 aliphatic carbocycles. The van der Waals surface area contributed by atoms with Crippen molar-refractivity contribution in [3.8, 4) is 0 Å². The monoisotopic (exact) mass is 196 g/mol. The zero-order chi connectivity index (χ0) is 10.6. The third-order valence-corrected chi connectivity index (χ3v) is 2.18. The Bertz CT molecular complexity index is 299. The van der Waals surface area contributed by atoms with E-state index in [1.807, 2.05) is 13.8 Å². The number of aliphatic hydroxyl groups is 1. The molecule has 5 nitrogen and oxygen atoms in total. The molecule has 1 unspecified atom stereocenters. The second-order valence-corrected chi connectivity index (χ2v) is 3.16. The maximum atomic E-state index is 9.01. The van der Waals surface area contributed by atoms with E-state index in [4.69, 9.17) is 10.8 Å². The minimum atomic E-state index is 0.0167. The van der Waals surface area contributed by atoms with Gasteiger partial charge in [-0.15, -0.1) is 0 Å². The van der Waals surface area contributed by atoms with Crippen molar-refractivity contribution in [2.24, 2.45) is 0 Å². The number of hydrogen-bond acceptors (Lipinski definition) is 5. The van der Waals surface area contributed by atoms with E-state index >= 15 is 0 Å². The van der Waals surface area contributed by atoms with E-state index in [2.05, 4.69) is 15.3 Å². The molecule has 0 aliphatic rings. The molecule has 0 spiro atoms. The molecule has 1 rings (SSSR count). The molecular weight excluding hydrogens is 180 g/mol. The Balaban J connectivity index is 2.80. The second kappa shape index (κ2) is 4.76. The lowest BCUT2D eigenvalue weighted by Gasteiger charge is -2.16. The topological polar surface area (TPSA) is 84.1 Å². The summed E-state index contributed by atoms with van der Waals surface area (Å²) in [4.78, 5) is 7.92. The number of nitrogens with one attached hydrogen (secondary N) is 1. The molecule has 1 atom stereocenters. The van der Waals surface area contributed by atoms with Crippen molar-refractivity contribution in [1.82, 2.24) is 9.97 Å². The van der Waals surface area contributed by atoms with Crippen LogP contribution in [0.2, 0.25) is 0 Å². The van der Waals surface area contributed by atoms with Crippen LogP contribution in [0.3, 0.4) is 0 Å². The lowest BCUT2D eigenvalue weighted by molar-refractivity contribution is 0.271. The van der Waals surface area contributed by atoms with E-state index < -0.39 is 0 Å². The molecular formula is C9H16N4O. The van der Waals surface area contributed by atoms with Crippen molar-refractivity contribution in [3.05, 3.63) is 11.9 Å². The van der Waals surface area contributed by atoms with E-state index in [0.29, 0.717) is 11.6 Å². The summed E-state index contributed by atoms with van der Waals surface area (Å²) < 4.78 is 0. The second-order valence-electron chi connectivity index (χ2n) is 3.16. The van der Waals surface area contributed by atoms with Gasteiger partial charge in [-0.25, -0.2) is 9.97 Å². The Morgan fingerprint density at radius 2 is 2.29 bits per heavy atom. The quantitative estimate of drug-likeness (QED) is 0.655. The number of nitrogens with zero attached hydrogens (tertiary/aromatic N) is 2. The average molecular weight is 196 g/mol. The fourth-order valence-corrected chi connectivity index (χ4v) is 1.08. The first kappa shape index (κ1) is 10.7. The maximum Gasteiger partial charge on any atom is 0.134 e. The third-order valence-electron chi connectivity index (χ3n) is 2.18. The number of hydrogen-bond donors (Lipinski definition) is 3. The summed E-state index contributed by atoms with van der Waals surface area (Å²) in [5, 5.41) is 12.1. The minimum absolute atomic E-state index is 0.0167. The number of nitrogens with two attached hydrogens (primary N) is 1. The average Bonchev–Trinajstić information content (AvgIpc) is 2.20. The van der Waals surface area contributed by atoms with Crippen LogP contribution in [0, 0.1) is 6.92 Å². The zero-order valence-corrected chi connectivity index (χ0v) is 8.49. The Labute approximate surface area is 83.4 Å². The summed E-state index contributed by atoms with van der Waals surface area (Å²) in [5.74, 6) is 1.16. The van der Waals surface area contributed by atoms with Gasteiger partial charge in [0.25, 0.3) is 0 Å². The van der Waals surface area contributed by atoms with Gasteiger partial charge in [0, 0.05) is 5.56 Å². The van der Waals surface area contributed by atoms with Gasteiger partial charge in [-0.1, -0.05) is 6.92 Å². The van der Waals surface area contributed by atoms with E-state index in [9.17, 15) is 0 Å². The Morgan fingerprint density at radius 3 is 2.86 bits per heavy atom. The number of aliphatic hydroxyl groups excluding tert-OH is 1. The molecule has 0 saturated carbocycles. The first-order chi connectivity index (χ1) is 6.69. The van der Waals surface area contributed by atoms with E-state index in [1.54, 1.807) is 0 Å². The summed E-state index contributed by atoms with van der Waals surface area (Å²) in [6.45, 7) is 3.93. The Morgan fingerprint density at radius 1 is 1.57 bits per heavy atom. The van der Waals surface area contributed by atoms with Crippen LogP contribution in [-0.2, 0) is 0 Å². The maximum absolute atomic E-state index is 9.01. The highest BCUT2D eigenvalue weighted by Gasteiger charge is 2.08. The SMILES string of the molecule is CCC(CO)Nc1ncnc(N)c1C. The lowest BCUT2D eigenvalue weighted by atomic mass is 10.2. The molecule has 5 heteroatoms. The van der Waals surface area contributed by atoms with Crippen LogP contribution in [-0.4, -0.2) is 27.7 Å². The Kier molecular flexibility index (Phi) is 3.64. The molecule has 78 valence electrons. The lowest BCUT2D eigenvalue weighted by Crippen LogP contribution is -2.24. The van der Waals surface area contributed by atoms with Gasteiger partial charge in [-0.05, 0) is 13.3 Å². The van der Waals surface area contributed by atoms with Gasteiger partial charge in [0.2, 0.25) is 0 Å². The highest BCUT2D eigenvalue weighted by atomic mass is 16.3. The number of anilines is 2. The van der Waals surface area contributed by atoms with Crippen molar-refractivity contribution >= 4 is 11.6 Å². The van der Waals surface area contributed by atoms with Gasteiger partial charge >= 0.3 is 0 Å². The molecule has 0 bridgehead atoms. The minimum Gasteiger partial charge on any atom is -0.394 e. The van der Waals surface area contributed by atoms with Crippen LogP contribution in [0.5, 0.6) is 0 Å². The van der Waals surface area contributed by atoms with Crippen LogP contribution < -0.4 is 11.1 Å². The fourth-order valence-electron chi connectivity index (χ4n) is 1.08. The molecule has 1 heterocycles. The molecule has 0 amide bonds. The van der Waals surface area contributed by atoms with Crippen LogP contribution in [0.25, 0.3) is 0 Å². The molecule has 0 radical (unpaired) electrons. The van der Waals surface area contributed by atoms with E-state index in [-0.39, 0.29) is 12.6 Å². The first-order valence-electron chi connectivity index (χ1n) is 4.63. The molecule has 4 N–H and O–H groups in total. The smallest absolute Gasteiger partial charge is 0.134 e. The summed E-state index contributed by atoms with van der Waals surface area (Å²) in [6, 6.07) is 0.0167. The zero-order valence-electron chi connectivity index (χ0n) is 8.49. The summed E-state index contributed by atoms with van der Waals surface area (Å²) >= 11 is 0. The molecule has 14 heavy (non-hydrogen) atoms. The van der Waals surface area contributed by atoms with Crippen molar-refractivity contribution in [3.63, 3.8) is 0 Å². The highest BCUT2D eigenvalue weighted by molar-refractivity contribution is 5.54. The highest BCUT2D eigenvalue weighted by Crippen LogP contribution is 2.16. The number of nitrogen functional groups attached to an aromatic ring is 1. The normalized spacial score (nSPS) is 12.5. The van der Waals surface area contributed by atoms with Gasteiger partial charge in [-0.2, -0.15) is 0 Å². The summed E-state index contributed by atoms with van der Waals surface area (Å²) in [6.07, 6.45) is 2.24. The van der Waals surface area contributed by atoms with Crippen LogP contribution >= 0.6 is 0 Å². The van der Waals surface area contributed by atoms with Gasteiger partial charge in [0.1, 0.15) is 18.0 Å². The van der Waals surface area contributed by atoms with Crippen molar-refractivity contribution < 1.29 is 5.11 Å². The fraction of sp³-hybridized carbons (Fsp3) is 0.556. The molecule has 1 aromatic rings. The molecule has 0 aliphatic heterocycles. The van der Waals surface area contributed by atoms with Crippen LogP contribution in [0.4, 0.5) is 11.6 Å². The van der Waals surface area contributed by atoms with Crippen molar-refractivity contribution in [2.75, 3.05) is 17.7 Å². The van der Waals surface area contributed by atoms with Crippen molar-refractivity contribution in [1.29, 1.82) is 0 Å². The summed E-state index contributed by atoms with van der Waals surface area (Å²) in [5.41, 5.74) is 6.44. The first-order valence-corrected chi connectivity index (χ1v) is 4.63. The van der Waals surface area contributed by atoms with Gasteiger partial charge in [-0.3, -0.25) is 0 Å². The van der Waals surface area contributed by atoms with Crippen LogP contribution in [0.1, 0.15) is 18.9 Å². The van der Waals surface area contributed by atoms with E-state index in [0.717, 1.165) is 12.0 Å². The largest absolute Gasteiger partial charge is 0.394 e. The Hall–Kier alpha value is -1.36. The molecule has 1 aromatic heterocycles. The number of aromatic nitrogens is 2. The van der Waals surface area contributed by atoms with Gasteiger partial charge < -0.3 is 16.2 Å². The van der Waals surface area contributed by atoms with Gasteiger partial charge in [0.05, 0.1) is 12.6 Å². The molecule has 0 saturated heterocycles. The predicted molar refractivity (Wildman–Crippen MR) is 56.0 cm³/mol. The number of rotatable bonds is 4. The van der Waals surface area contributed by atoms with E-state index in [1.165, 1.54) is 6.33 Å². The summed E-state index contributed by atoms with van der Waals surface area (Å²) in [7, 11) is 0. The molecule has 0 aromatic carbocycles. The third kappa shape index (κ3) is 2.32. The standard InChI is InChI=1S/C9H16N4O/c1-3-7(4-14)13-9-6(2)8(10)11-5-12-9/h5,7,14H,3-4H2,1-2H3,(H3,10,11,12,13). The molecule has 0 fully saturated rings. The van der Waals surface area contributed by atoms with Crippen molar-refractivity contribution in [2.45, 2.75) is 26.3 Å².